The first-order chi connectivity index (χ1) is 46.4. The lowest BCUT2D eigenvalue weighted by molar-refractivity contribution is -0.161. The normalized spacial score (nSPS) is 14.6. The number of ether oxygens (including phenoxy) is 4. The van der Waals surface area contributed by atoms with Gasteiger partial charge in [0.05, 0.1) is 26.4 Å². The third kappa shape index (κ3) is 68.2. The van der Waals surface area contributed by atoms with Crippen molar-refractivity contribution in [2.75, 3.05) is 39.6 Å². The van der Waals surface area contributed by atoms with Crippen LogP contribution in [0.25, 0.3) is 0 Å². The fraction of sp³-hybridized carbons (Fsp3) is 0.844. The summed E-state index contributed by atoms with van der Waals surface area (Å²) in [5.74, 6) is -0.639. The van der Waals surface area contributed by atoms with E-state index in [1.54, 1.807) is 0 Å². The van der Waals surface area contributed by atoms with Crippen LogP contribution in [0.3, 0.4) is 0 Å². The van der Waals surface area contributed by atoms with Crippen molar-refractivity contribution in [1.29, 1.82) is 0 Å². The summed E-state index contributed by atoms with van der Waals surface area (Å²) in [5, 5.41) is 10.6. The molecule has 0 aromatic carbocycles. The monoisotopic (exact) mass is 1400 g/mol. The quantitative estimate of drug-likeness (QED) is 0.0169. The smallest absolute Gasteiger partial charge is 0.462 e. The molecule has 0 saturated heterocycles. The number of allylic oxidation sites excluding steroid dienone is 8. The largest absolute Gasteiger partial charge is 0.472 e. The SMILES string of the molecule is CCCCCC/C=C\C=C/CCCCCCCC(=O)OC[C@H](COP(=O)(O)OC[C@@H](O)COP(=O)(O)OC[C@@H](COC(=O)CCCCCCCCCCC(C)CC)OC(=O)CCCCCCCCCCCCCC(C)C)OC(=O)CCCCCCC/C=C\C=C/CCCCCC. The predicted octanol–water partition coefficient (Wildman–Crippen LogP) is 21.8. The topological polar surface area (TPSA) is 237 Å². The minimum absolute atomic E-state index is 0.0780. The number of esters is 4. The van der Waals surface area contributed by atoms with Crippen LogP contribution in [0, 0.1) is 11.8 Å². The Kier molecular flexibility index (Phi) is 65.7. The number of hydrogen-bond donors (Lipinski definition) is 3. The highest BCUT2D eigenvalue weighted by atomic mass is 31.2. The molecule has 562 valence electrons. The summed E-state index contributed by atoms with van der Waals surface area (Å²) in [4.78, 5) is 72.8. The minimum atomic E-state index is -4.97. The number of phosphoric acid groups is 2. The Bertz CT molecular complexity index is 2050. The average Bonchev–Trinajstić information content (AvgIpc) is 1.83. The van der Waals surface area contributed by atoms with Gasteiger partial charge in [-0.25, -0.2) is 9.13 Å². The molecule has 0 radical (unpaired) electrons. The van der Waals surface area contributed by atoms with Crippen molar-refractivity contribution in [3.8, 4) is 0 Å². The van der Waals surface area contributed by atoms with E-state index in [0.717, 1.165) is 134 Å². The molecule has 6 atom stereocenters. The lowest BCUT2D eigenvalue weighted by Crippen LogP contribution is -2.30. The Hall–Kier alpha value is -2.98. The van der Waals surface area contributed by atoms with Gasteiger partial charge in [-0.1, -0.05) is 296 Å². The second kappa shape index (κ2) is 67.8. The summed E-state index contributed by atoms with van der Waals surface area (Å²) in [7, 11) is -9.94. The Balaban J connectivity index is 5.34. The molecule has 0 aromatic rings. The summed E-state index contributed by atoms with van der Waals surface area (Å²) >= 11 is 0. The maximum absolute atomic E-state index is 13.1. The Morgan fingerprint density at radius 2 is 0.615 bits per heavy atom. The number of carbonyl (C=O) groups excluding carboxylic acids is 4. The molecule has 17 nitrogen and oxygen atoms in total. The molecule has 0 amide bonds. The summed E-state index contributed by atoms with van der Waals surface area (Å²) in [6, 6.07) is 0. The van der Waals surface area contributed by atoms with Crippen molar-refractivity contribution in [2.24, 2.45) is 11.8 Å². The standard InChI is InChI=1S/C77H142O17P2/c1-7-10-12-14-16-18-20-22-24-26-30-34-41-47-53-59-74(79)87-65-72(93-76(81)61-55-49-43-35-31-27-25-23-21-19-17-15-13-11-8-2)67-91-95(83,84)89-63-71(78)64-90-96(85,86)92-68-73(66-88-75(80)60-54-48-42-38-37-40-46-52-58-70(6)9-3)94-77(82)62-56-50-44-36-32-28-29-33-39-45-51-57-69(4)5/h18-25,69-73,78H,7-17,26-68H2,1-6H3,(H,83,84)(H,85,86)/b20-18-,21-19-,24-22-,25-23-/t70?,71-,72-,73-/m1/s1. The predicted molar refractivity (Wildman–Crippen MR) is 390 cm³/mol. The molecule has 3 N–H and O–H groups in total. The Morgan fingerprint density at radius 1 is 0.344 bits per heavy atom. The molecule has 19 heteroatoms. The second-order valence-corrected chi connectivity index (χ2v) is 30.0. The van der Waals surface area contributed by atoms with E-state index in [9.17, 15) is 43.2 Å². The van der Waals surface area contributed by atoms with Gasteiger partial charge in [0.25, 0.3) is 0 Å². The maximum atomic E-state index is 13.1. The van der Waals surface area contributed by atoms with Crippen molar-refractivity contribution in [1.82, 2.24) is 0 Å². The molecule has 0 aliphatic carbocycles. The average molecular weight is 1400 g/mol. The van der Waals surface area contributed by atoms with Crippen molar-refractivity contribution < 1.29 is 80.2 Å². The lowest BCUT2D eigenvalue weighted by atomic mass is 9.99. The number of phosphoric ester groups is 2. The van der Waals surface area contributed by atoms with E-state index in [1.165, 1.54) is 135 Å². The van der Waals surface area contributed by atoms with E-state index >= 15 is 0 Å². The molecule has 0 bridgehead atoms. The highest BCUT2D eigenvalue weighted by Crippen LogP contribution is 2.45. The maximum Gasteiger partial charge on any atom is 0.472 e. The van der Waals surface area contributed by atoms with Gasteiger partial charge in [-0.15, -0.1) is 0 Å². The molecule has 3 unspecified atom stereocenters. The van der Waals surface area contributed by atoms with Gasteiger partial charge in [-0.05, 0) is 88.9 Å². The van der Waals surface area contributed by atoms with Crippen molar-refractivity contribution in [3.05, 3.63) is 48.6 Å². The van der Waals surface area contributed by atoms with Gasteiger partial charge in [-0.2, -0.15) is 0 Å². The summed E-state index contributed by atoms with van der Waals surface area (Å²) < 4.78 is 68.5. The first kappa shape index (κ1) is 93.0. The number of hydrogen-bond acceptors (Lipinski definition) is 15. The van der Waals surface area contributed by atoms with Gasteiger partial charge < -0.3 is 33.8 Å². The van der Waals surface area contributed by atoms with E-state index in [-0.39, 0.29) is 25.7 Å². The molecule has 0 fully saturated rings. The molecule has 96 heavy (non-hydrogen) atoms. The van der Waals surface area contributed by atoms with Gasteiger partial charge in [-0.3, -0.25) is 37.3 Å². The van der Waals surface area contributed by atoms with Crippen molar-refractivity contribution in [3.63, 3.8) is 0 Å². The van der Waals surface area contributed by atoms with Crippen molar-refractivity contribution >= 4 is 39.5 Å². The lowest BCUT2D eigenvalue weighted by Gasteiger charge is -2.21. The number of aliphatic hydroxyl groups excluding tert-OH is 1. The molecular weight excluding hydrogens is 1260 g/mol. The fourth-order valence-corrected chi connectivity index (χ4v) is 12.3. The van der Waals surface area contributed by atoms with Crippen LogP contribution in [0.5, 0.6) is 0 Å². The van der Waals surface area contributed by atoms with Gasteiger partial charge in [0.1, 0.15) is 19.3 Å². The van der Waals surface area contributed by atoms with E-state index in [1.807, 2.05) is 0 Å². The van der Waals surface area contributed by atoms with E-state index in [2.05, 4.69) is 90.2 Å². The molecule has 0 saturated carbocycles. The van der Waals surface area contributed by atoms with Crippen LogP contribution < -0.4 is 0 Å². The third-order valence-corrected chi connectivity index (χ3v) is 19.0. The zero-order chi connectivity index (χ0) is 70.7. The Labute approximate surface area is 585 Å². The van der Waals surface area contributed by atoms with E-state index in [0.29, 0.717) is 25.7 Å². The number of unbranched alkanes of at least 4 members (excludes halogenated alkanes) is 35. The van der Waals surface area contributed by atoms with Crippen LogP contribution in [-0.4, -0.2) is 96.7 Å². The summed E-state index contributed by atoms with van der Waals surface area (Å²) in [6.07, 6.45) is 61.1. The molecule has 0 aliphatic heterocycles. The minimum Gasteiger partial charge on any atom is -0.462 e. The number of rotatable bonds is 72. The highest BCUT2D eigenvalue weighted by Gasteiger charge is 2.30. The van der Waals surface area contributed by atoms with Crippen LogP contribution in [0.2, 0.25) is 0 Å². The highest BCUT2D eigenvalue weighted by molar-refractivity contribution is 7.47. The number of carbonyl (C=O) groups is 4. The number of aliphatic hydroxyl groups is 1. The van der Waals surface area contributed by atoms with E-state index in [4.69, 9.17) is 37.0 Å². The first-order valence-corrected chi connectivity index (χ1v) is 41.7. The van der Waals surface area contributed by atoms with Crippen LogP contribution in [0.4, 0.5) is 0 Å². The van der Waals surface area contributed by atoms with Crippen LogP contribution in [0.1, 0.15) is 350 Å². The van der Waals surface area contributed by atoms with E-state index < -0.39 is 97.5 Å². The van der Waals surface area contributed by atoms with Gasteiger partial charge in [0, 0.05) is 25.7 Å². The zero-order valence-electron chi connectivity index (χ0n) is 61.6. The van der Waals surface area contributed by atoms with Gasteiger partial charge >= 0.3 is 39.5 Å². The van der Waals surface area contributed by atoms with Crippen LogP contribution in [-0.2, 0) is 65.4 Å². The van der Waals surface area contributed by atoms with Crippen LogP contribution in [0.15, 0.2) is 48.6 Å². The molecule has 0 spiro atoms. The molecule has 0 aromatic heterocycles. The Morgan fingerprint density at radius 3 is 0.927 bits per heavy atom. The summed E-state index contributed by atoms with van der Waals surface area (Å²) in [6.45, 7) is 9.47. The molecule has 0 aliphatic rings. The summed E-state index contributed by atoms with van der Waals surface area (Å²) in [5.41, 5.74) is 0. The first-order valence-electron chi connectivity index (χ1n) is 38.7. The van der Waals surface area contributed by atoms with Crippen molar-refractivity contribution in [2.45, 2.75) is 368 Å². The fourth-order valence-electron chi connectivity index (χ4n) is 10.7. The molecule has 0 rings (SSSR count). The second-order valence-electron chi connectivity index (χ2n) is 27.1. The van der Waals surface area contributed by atoms with Crippen LogP contribution >= 0.6 is 15.6 Å². The van der Waals surface area contributed by atoms with Gasteiger partial charge in [0.2, 0.25) is 0 Å². The zero-order valence-corrected chi connectivity index (χ0v) is 63.4. The molecule has 0 heterocycles. The molecular formula is C77H142O17P2. The third-order valence-electron chi connectivity index (χ3n) is 17.1. The van der Waals surface area contributed by atoms with Gasteiger partial charge in [0.15, 0.2) is 12.2 Å².